The summed E-state index contributed by atoms with van der Waals surface area (Å²) in [6.07, 6.45) is -0.409. The van der Waals surface area contributed by atoms with E-state index in [-0.39, 0.29) is 12.6 Å². The summed E-state index contributed by atoms with van der Waals surface area (Å²) in [6.45, 7) is 15.3. The topological polar surface area (TPSA) is 52.9 Å². The molecule has 1 aromatic carbocycles. The van der Waals surface area contributed by atoms with E-state index in [1.54, 1.807) is 4.57 Å². The lowest BCUT2D eigenvalue weighted by atomic mass is 9.78. The maximum absolute atomic E-state index is 13.1. The molecule has 0 atom stereocenters. The van der Waals surface area contributed by atoms with Crippen molar-refractivity contribution in [2.75, 3.05) is 19.8 Å². The molecule has 8 heteroatoms. The highest BCUT2D eigenvalue weighted by molar-refractivity contribution is 6.62. The van der Waals surface area contributed by atoms with Crippen LogP contribution in [0.5, 0.6) is 0 Å². The minimum Gasteiger partial charge on any atom is -0.443 e. The molecule has 1 aromatic heterocycles. The van der Waals surface area contributed by atoms with Gasteiger partial charge in [-0.15, -0.1) is 0 Å². The van der Waals surface area contributed by atoms with Gasteiger partial charge < -0.3 is 14.0 Å². The molecule has 6 nitrogen and oxygen atoms in total. The molecule has 0 bridgehead atoms. The molecule has 2 saturated heterocycles. The van der Waals surface area contributed by atoms with Crippen LogP contribution in [0.15, 0.2) is 24.3 Å². The highest BCUT2D eigenvalue weighted by atomic mass is 19.1. The van der Waals surface area contributed by atoms with Gasteiger partial charge in [-0.3, -0.25) is 9.29 Å². The first-order valence-corrected chi connectivity index (χ1v) is 11.3. The van der Waals surface area contributed by atoms with Crippen molar-refractivity contribution < 1.29 is 23.2 Å². The number of hydrogen-bond donors (Lipinski definition) is 0. The highest BCUT2D eigenvalue weighted by Gasteiger charge is 2.51. The third-order valence-corrected chi connectivity index (χ3v) is 6.64. The predicted molar refractivity (Wildman–Crippen MR) is 124 cm³/mol. The second-order valence-corrected chi connectivity index (χ2v) is 11.1. The molecule has 2 aliphatic rings. The lowest BCUT2D eigenvalue weighted by Crippen LogP contribution is -2.47. The third kappa shape index (κ3) is 4.32. The Hall–Kier alpha value is -1.90. The number of carbonyl (C=O) groups excluding carboxylic acids is 1. The molecule has 3 heterocycles. The molecule has 0 spiro atoms. The number of benzene rings is 1. The van der Waals surface area contributed by atoms with Crippen LogP contribution in [0.2, 0.25) is 0 Å². The Morgan fingerprint density at radius 1 is 1.16 bits per heavy atom. The molecule has 2 aliphatic heterocycles. The Balaban J connectivity index is 1.68. The van der Waals surface area contributed by atoms with E-state index >= 15 is 0 Å². The summed E-state index contributed by atoms with van der Waals surface area (Å²) in [4.78, 5) is 15.2. The largest absolute Gasteiger partial charge is 0.494 e. The number of nitrogens with zero attached hydrogens (tertiary/aromatic N) is 2. The van der Waals surface area contributed by atoms with Crippen molar-refractivity contribution in [3.05, 3.63) is 30.0 Å². The van der Waals surface area contributed by atoms with Crippen molar-refractivity contribution in [3.63, 3.8) is 0 Å². The molecule has 0 N–H and O–H groups in total. The van der Waals surface area contributed by atoms with Crippen molar-refractivity contribution in [2.24, 2.45) is 5.92 Å². The first-order chi connectivity index (χ1) is 14.8. The molecule has 0 amide bonds. The normalized spacial score (nSPS) is 21.2. The van der Waals surface area contributed by atoms with E-state index in [9.17, 15) is 9.18 Å². The number of aromatic nitrogens is 1. The predicted octanol–water partition coefficient (Wildman–Crippen LogP) is 4.13. The lowest BCUT2D eigenvalue weighted by Gasteiger charge is -2.37. The van der Waals surface area contributed by atoms with E-state index in [1.165, 1.54) is 0 Å². The van der Waals surface area contributed by atoms with Crippen molar-refractivity contribution in [2.45, 2.75) is 71.8 Å². The van der Waals surface area contributed by atoms with Gasteiger partial charge in [0.25, 0.3) is 0 Å². The summed E-state index contributed by atoms with van der Waals surface area (Å²) in [6, 6.07) is 7.89. The van der Waals surface area contributed by atoms with Gasteiger partial charge in [0.15, 0.2) is 0 Å². The second kappa shape index (κ2) is 7.85. The van der Waals surface area contributed by atoms with Crippen molar-refractivity contribution in [1.82, 2.24) is 9.47 Å². The standard InChI is InChI=1S/C24H34BFN2O4/c1-22(2,3)30-21(29)28-19(15-27-13-16(12-26)14-27)11-17-10-18(8-9-20(17)28)25-31-23(4,5)24(6,7)32-25/h8-11,16H,12-15H2,1-7H3. The summed E-state index contributed by atoms with van der Waals surface area (Å²) in [5.74, 6) is 0.0873. The molecule has 32 heavy (non-hydrogen) atoms. The van der Waals surface area contributed by atoms with Crippen LogP contribution in [-0.2, 0) is 20.6 Å². The monoisotopic (exact) mass is 444 g/mol. The molecule has 0 aliphatic carbocycles. The van der Waals surface area contributed by atoms with Gasteiger partial charge in [-0.1, -0.05) is 12.1 Å². The van der Waals surface area contributed by atoms with Crippen LogP contribution in [0.4, 0.5) is 9.18 Å². The quantitative estimate of drug-likeness (QED) is 0.664. The van der Waals surface area contributed by atoms with E-state index in [1.807, 2.05) is 72.7 Å². The number of rotatable bonds is 4. The summed E-state index contributed by atoms with van der Waals surface area (Å²) in [7, 11) is -0.474. The van der Waals surface area contributed by atoms with E-state index in [0.29, 0.717) is 19.6 Å². The first-order valence-electron chi connectivity index (χ1n) is 11.3. The molecule has 2 fully saturated rings. The second-order valence-electron chi connectivity index (χ2n) is 11.1. The van der Waals surface area contributed by atoms with Crippen LogP contribution in [0.1, 0.15) is 54.2 Å². The number of halogens is 1. The summed E-state index contributed by atoms with van der Waals surface area (Å²) in [5, 5.41) is 0.917. The third-order valence-electron chi connectivity index (χ3n) is 6.64. The number of fused-ring (bicyclic) bond motifs is 1. The number of alkyl halides is 1. The van der Waals surface area contributed by atoms with Crippen LogP contribution >= 0.6 is 0 Å². The number of ether oxygens (including phenoxy) is 1. The molecular formula is C24H34BFN2O4. The smallest absolute Gasteiger partial charge is 0.443 e. The molecule has 174 valence electrons. The Morgan fingerprint density at radius 2 is 1.78 bits per heavy atom. The van der Waals surface area contributed by atoms with Crippen LogP contribution in [0, 0.1) is 5.92 Å². The Bertz CT molecular complexity index is 1000. The zero-order valence-corrected chi connectivity index (χ0v) is 20.2. The zero-order valence-electron chi connectivity index (χ0n) is 20.2. The maximum Gasteiger partial charge on any atom is 0.494 e. The molecular weight excluding hydrogens is 410 g/mol. The number of likely N-dealkylation sites (tertiary alicyclic amines) is 1. The van der Waals surface area contributed by atoms with Gasteiger partial charge in [0.05, 0.1) is 23.4 Å². The molecule has 0 unspecified atom stereocenters. The summed E-state index contributed by atoms with van der Waals surface area (Å²) in [5.41, 5.74) is 1.05. The van der Waals surface area contributed by atoms with E-state index in [0.717, 1.165) is 22.1 Å². The van der Waals surface area contributed by atoms with Crippen LogP contribution in [0.3, 0.4) is 0 Å². The van der Waals surface area contributed by atoms with Crippen molar-refractivity contribution in [3.8, 4) is 0 Å². The Morgan fingerprint density at radius 3 is 2.34 bits per heavy atom. The van der Waals surface area contributed by atoms with E-state index in [2.05, 4.69) is 4.90 Å². The molecule has 2 aromatic rings. The zero-order chi connectivity index (χ0) is 23.5. The van der Waals surface area contributed by atoms with Gasteiger partial charge in [-0.05, 0) is 66.1 Å². The van der Waals surface area contributed by atoms with Gasteiger partial charge >= 0.3 is 13.2 Å². The highest BCUT2D eigenvalue weighted by Crippen LogP contribution is 2.37. The van der Waals surface area contributed by atoms with Gasteiger partial charge in [0, 0.05) is 36.6 Å². The summed E-state index contributed by atoms with van der Waals surface area (Å²) < 4.78 is 32.6. The maximum atomic E-state index is 13.1. The van der Waals surface area contributed by atoms with Crippen molar-refractivity contribution >= 4 is 29.6 Å². The van der Waals surface area contributed by atoms with Gasteiger partial charge in [0.1, 0.15) is 5.60 Å². The van der Waals surface area contributed by atoms with Gasteiger partial charge in [0.2, 0.25) is 0 Å². The van der Waals surface area contributed by atoms with Gasteiger partial charge in [-0.25, -0.2) is 9.36 Å². The number of hydrogen-bond acceptors (Lipinski definition) is 5. The fraction of sp³-hybridized carbons (Fsp3) is 0.625. The number of carbonyl (C=O) groups is 1. The minimum atomic E-state index is -0.607. The summed E-state index contributed by atoms with van der Waals surface area (Å²) >= 11 is 0. The van der Waals surface area contributed by atoms with Crippen LogP contribution in [0.25, 0.3) is 10.9 Å². The molecule has 0 saturated carbocycles. The van der Waals surface area contributed by atoms with Crippen molar-refractivity contribution in [1.29, 1.82) is 0 Å². The Kier molecular flexibility index (Phi) is 5.71. The van der Waals surface area contributed by atoms with Gasteiger partial charge in [-0.2, -0.15) is 0 Å². The van der Waals surface area contributed by atoms with E-state index < -0.39 is 30.0 Å². The fourth-order valence-corrected chi connectivity index (χ4v) is 4.19. The SMILES string of the molecule is CC(C)(C)OC(=O)n1c(CN2CC(CF)C2)cc2cc(B3OC(C)(C)C(C)(C)O3)ccc21. The van der Waals surface area contributed by atoms with Crippen LogP contribution < -0.4 is 5.46 Å². The Labute approximate surface area is 190 Å². The van der Waals surface area contributed by atoms with E-state index in [4.69, 9.17) is 14.0 Å². The molecule has 4 rings (SSSR count). The minimum absolute atomic E-state index is 0.0873. The molecule has 0 radical (unpaired) electrons. The lowest BCUT2D eigenvalue weighted by molar-refractivity contribution is 0.00578. The first kappa shape index (κ1) is 23.3. The average molecular weight is 444 g/mol. The fourth-order valence-electron chi connectivity index (χ4n) is 4.19. The van der Waals surface area contributed by atoms with Crippen LogP contribution in [-0.4, -0.2) is 59.2 Å². The average Bonchev–Trinajstić information content (AvgIpc) is 3.08.